The number of hydrogen-bond acceptors (Lipinski definition) is 3. The first kappa shape index (κ1) is 15.7. The van der Waals surface area contributed by atoms with Gasteiger partial charge in [-0.1, -0.05) is 27.2 Å². The summed E-state index contributed by atoms with van der Waals surface area (Å²) in [5.74, 6) is 3.82. The Morgan fingerprint density at radius 2 is 1.85 bits per heavy atom. The van der Waals surface area contributed by atoms with E-state index in [0.29, 0.717) is 11.8 Å². The van der Waals surface area contributed by atoms with Gasteiger partial charge in [-0.3, -0.25) is 0 Å². The molecule has 1 aliphatic carbocycles. The fraction of sp³-hybridized carbons (Fsp3) is 0.750. The van der Waals surface area contributed by atoms with Gasteiger partial charge in [0.05, 0.1) is 10.2 Å². The van der Waals surface area contributed by atoms with Crippen LogP contribution < -0.4 is 5.32 Å². The highest BCUT2D eigenvalue weighted by atomic mass is 79.9. The van der Waals surface area contributed by atoms with E-state index < -0.39 is 0 Å². The molecule has 3 nitrogen and oxygen atoms in total. The Morgan fingerprint density at radius 3 is 2.35 bits per heavy atom. The molecular weight excluding hydrogens is 314 g/mol. The van der Waals surface area contributed by atoms with Gasteiger partial charge >= 0.3 is 0 Å². The molecule has 1 aromatic heterocycles. The largest absolute Gasteiger partial charge is 0.372 e. The Kier molecular flexibility index (Phi) is 5.42. The van der Waals surface area contributed by atoms with Crippen LogP contribution in [-0.4, -0.2) is 17.0 Å². The standard InChI is InChI=1S/C16H26BrN3/c1-5-11-6-8-12(9-7-11)15-19-14(10(2)3)13(17)16(18-4)20-15/h10-12H,5-9H2,1-4H3,(H,18,19,20). The highest BCUT2D eigenvalue weighted by Gasteiger charge is 2.25. The number of hydrogen-bond donors (Lipinski definition) is 1. The van der Waals surface area contributed by atoms with Crippen molar-refractivity contribution >= 4 is 21.7 Å². The van der Waals surface area contributed by atoms with E-state index in [-0.39, 0.29) is 0 Å². The fourth-order valence-corrected chi connectivity index (χ4v) is 3.88. The number of aromatic nitrogens is 2. The molecule has 0 saturated heterocycles. The maximum absolute atomic E-state index is 4.86. The van der Waals surface area contributed by atoms with Crippen molar-refractivity contribution in [3.05, 3.63) is 16.0 Å². The zero-order valence-corrected chi connectivity index (χ0v) is 14.6. The molecule has 0 radical (unpaired) electrons. The first-order valence-corrected chi connectivity index (χ1v) is 8.61. The molecule has 1 aliphatic rings. The molecule has 1 saturated carbocycles. The van der Waals surface area contributed by atoms with E-state index in [4.69, 9.17) is 9.97 Å². The van der Waals surface area contributed by atoms with Crippen LogP contribution in [0.3, 0.4) is 0 Å². The van der Waals surface area contributed by atoms with Gasteiger partial charge in [0.1, 0.15) is 11.6 Å². The van der Waals surface area contributed by atoms with E-state index in [2.05, 4.69) is 42.0 Å². The molecule has 0 aromatic carbocycles. The monoisotopic (exact) mass is 339 g/mol. The molecule has 2 rings (SSSR count). The first-order valence-electron chi connectivity index (χ1n) is 7.81. The lowest BCUT2D eigenvalue weighted by molar-refractivity contribution is 0.312. The number of rotatable bonds is 4. The molecule has 0 bridgehead atoms. The van der Waals surface area contributed by atoms with Gasteiger partial charge in [0, 0.05) is 13.0 Å². The molecule has 0 spiro atoms. The second-order valence-corrected chi connectivity index (χ2v) is 6.95. The summed E-state index contributed by atoms with van der Waals surface area (Å²) in [5, 5.41) is 3.19. The summed E-state index contributed by atoms with van der Waals surface area (Å²) in [6, 6.07) is 0. The second-order valence-electron chi connectivity index (χ2n) is 6.16. The molecule has 0 atom stereocenters. The summed E-state index contributed by atoms with van der Waals surface area (Å²) >= 11 is 3.63. The molecule has 0 amide bonds. The summed E-state index contributed by atoms with van der Waals surface area (Å²) in [6.45, 7) is 6.67. The third kappa shape index (κ3) is 3.33. The van der Waals surface area contributed by atoms with Crippen LogP contribution in [-0.2, 0) is 0 Å². The van der Waals surface area contributed by atoms with Gasteiger partial charge in [0.25, 0.3) is 0 Å². The smallest absolute Gasteiger partial charge is 0.144 e. The highest BCUT2D eigenvalue weighted by molar-refractivity contribution is 9.10. The zero-order chi connectivity index (χ0) is 14.7. The summed E-state index contributed by atoms with van der Waals surface area (Å²) in [6.07, 6.45) is 6.44. The number of nitrogens with zero attached hydrogens (tertiary/aromatic N) is 2. The van der Waals surface area contributed by atoms with Crippen LogP contribution in [0.25, 0.3) is 0 Å². The molecule has 0 aliphatic heterocycles. The Bertz CT molecular complexity index is 451. The third-order valence-corrected chi connectivity index (χ3v) is 5.25. The number of nitrogens with one attached hydrogen (secondary N) is 1. The Hall–Kier alpha value is -0.640. The van der Waals surface area contributed by atoms with Crippen LogP contribution in [0.15, 0.2) is 4.47 Å². The van der Waals surface area contributed by atoms with E-state index in [1.807, 2.05) is 7.05 Å². The molecule has 0 unspecified atom stereocenters. The summed E-state index contributed by atoms with van der Waals surface area (Å²) < 4.78 is 1.01. The van der Waals surface area contributed by atoms with Gasteiger partial charge in [0.2, 0.25) is 0 Å². The van der Waals surface area contributed by atoms with Crippen LogP contribution in [0.5, 0.6) is 0 Å². The normalized spacial score (nSPS) is 23.1. The Labute approximate surface area is 131 Å². The van der Waals surface area contributed by atoms with Crippen LogP contribution in [0.1, 0.15) is 76.2 Å². The van der Waals surface area contributed by atoms with Crippen LogP contribution in [0.2, 0.25) is 0 Å². The van der Waals surface area contributed by atoms with Gasteiger partial charge < -0.3 is 5.32 Å². The van der Waals surface area contributed by atoms with Gasteiger partial charge in [-0.25, -0.2) is 9.97 Å². The number of anilines is 1. The SMILES string of the molecule is CCC1CCC(c2nc(NC)c(Br)c(C(C)C)n2)CC1. The Morgan fingerprint density at radius 1 is 1.20 bits per heavy atom. The third-order valence-electron chi connectivity index (χ3n) is 4.47. The quantitative estimate of drug-likeness (QED) is 0.830. The summed E-state index contributed by atoms with van der Waals surface area (Å²) in [4.78, 5) is 9.60. The van der Waals surface area contributed by atoms with Crippen molar-refractivity contribution in [2.45, 2.75) is 64.7 Å². The Balaban J connectivity index is 2.26. The lowest BCUT2D eigenvalue weighted by Crippen LogP contribution is -2.17. The van der Waals surface area contributed by atoms with Gasteiger partial charge in [-0.2, -0.15) is 0 Å². The fourth-order valence-electron chi connectivity index (χ4n) is 3.04. The van der Waals surface area contributed by atoms with Crippen LogP contribution in [0, 0.1) is 5.92 Å². The van der Waals surface area contributed by atoms with E-state index >= 15 is 0 Å². The predicted molar refractivity (Wildman–Crippen MR) is 88.4 cm³/mol. The molecule has 1 aromatic rings. The summed E-state index contributed by atoms with van der Waals surface area (Å²) in [5.41, 5.74) is 1.12. The number of halogens is 1. The molecule has 4 heteroatoms. The maximum atomic E-state index is 4.86. The van der Waals surface area contributed by atoms with Crippen molar-refractivity contribution in [3.63, 3.8) is 0 Å². The maximum Gasteiger partial charge on any atom is 0.144 e. The van der Waals surface area contributed by atoms with Crippen LogP contribution >= 0.6 is 15.9 Å². The van der Waals surface area contributed by atoms with E-state index in [1.54, 1.807) is 0 Å². The predicted octanol–water partition coefficient (Wildman–Crippen LogP) is 5.09. The minimum Gasteiger partial charge on any atom is -0.372 e. The van der Waals surface area contributed by atoms with Crippen molar-refractivity contribution in [1.82, 2.24) is 9.97 Å². The topological polar surface area (TPSA) is 37.8 Å². The zero-order valence-electron chi connectivity index (χ0n) is 13.0. The molecule has 1 heterocycles. The summed E-state index contributed by atoms with van der Waals surface area (Å²) in [7, 11) is 1.93. The van der Waals surface area contributed by atoms with Crippen molar-refractivity contribution < 1.29 is 0 Å². The minimum atomic E-state index is 0.408. The molecular formula is C16H26BrN3. The van der Waals surface area contributed by atoms with Crippen LogP contribution in [0.4, 0.5) is 5.82 Å². The van der Waals surface area contributed by atoms with Gasteiger partial charge in [-0.15, -0.1) is 0 Å². The average molecular weight is 340 g/mol. The van der Waals surface area contributed by atoms with Gasteiger partial charge in [-0.05, 0) is 53.4 Å². The van der Waals surface area contributed by atoms with Crippen molar-refractivity contribution in [2.24, 2.45) is 5.92 Å². The first-order chi connectivity index (χ1) is 9.56. The van der Waals surface area contributed by atoms with Crippen molar-refractivity contribution in [1.29, 1.82) is 0 Å². The average Bonchev–Trinajstić information content (AvgIpc) is 2.47. The molecule has 1 fully saturated rings. The molecule has 112 valence electrons. The molecule has 20 heavy (non-hydrogen) atoms. The van der Waals surface area contributed by atoms with E-state index in [9.17, 15) is 0 Å². The van der Waals surface area contributed by atoms with E-state index in [0.717, 1.165) is 27.7 Å². The highest BCUT2D eigenvalue weighted by Crippen LogP contribution is 2.38. The lowest BCUT2D eigenvalue weighted by atomic mass is 9.80. The lowest BCUT2D eigenvalue weighted by Gasteiger charge is -2.27. The van der Waals surface area contributed by atoms with E-state index in [1.165, 1.54) is 32.1 Å². The van der Waals surface area contributed by atoms with Crippen molar-refractivity contribution in [3.8, 4) is 0 Å². The second kappa shape index (κ2) is 6.88. The minimum absolute atomic E-state index is 0.408. The molecule has 1 N–H and O–H groups in total. The van der Waals surface area contributed by atoms with Gasteiger partial charge in [0.15, 0.2) is 0 Å². The van der Waals surface area contributed by atoms with Crippen molar-refractivity contribution in [2.75, 3.05) is 12.4 Å².